The Bertz CT molecular complexity index is 953. The van der Waals surface area contributed by atoms with Crippen molar-refractivity contribution in [2.45, 2.75) is 38.0 Å². The first-order valence-electron chi connectivity index (χ1n) is 9.17. The van der Waals surface area contributed by atoms with Gasteiger partial charge in [0, 0.05) is 36.8 Å². The van der Waals surface area contributed by atoms with Crippen LogP contribution in [0.25, 0.3) is 21.7 Å². The molecule has 0 aliphatic carbocycles. The van der Waals surface area contributed by atoms with Gasteiger partial charge >= 0.3 is 0 Å². The first kappa shape index (κ1) is 17.0. The van der Waals surface area contributed by atoms with Gasteiger partial charge in [-0.2, -0.15) is 4.98 Å². The number of rotatable bonds is 5. The second-order valence-electron chi connectivity index (χ2n) is 7.84. The smallest absolute Gasteiger partial charge is 0.298 e. The van der Waals surface area contributed by atoms with Gasteiger partial charge in [-0.3, -0.25) is 0 Å². The fourth-order valence-corrected chi connectivity index (χ4v) is 4.37. The lowest BCUT2D eigenvalue weighted by Gasteiger charge is -2.47. The lowest BCUT2D eigenvalue weighted by molar-refractivity contribution is 0.0424. The molecule has 0 radical (unpaired) electrons. The lowest BCUT2D eigenvalue weighted by atomic mass is 9.92. The number of benzene rings is 1. The number of aromatic nitrogens is 2. The summed E-state index contributed by atoms with van der Waals surface area (Å²) in [6.07, 6.45) is 3.01. The lowest BCUT2D eigenvalue weighted by Crippen LogP contribution is -2.67. The molecule has 3 aromatic rings. The minimum atomic E-state index is -0.703. The van der Waals surface area contributed by atoms with Crippen LogP contribution in [0.5, 0.6) is 5.75 Å². The van der Waals surface area contributed by atoms with E-state index in [9.17, 15) is 5.11 Å². The molecule has 3 saturated heterocycles. The van der Waals surface area contributed by atoms with Crippen molar-refractivity contribution in [3.05, 3.63) is 23.7 Å². The molecule has 3 aliphatic heterocycles. The van der Waals surface area contributed by atoms with Crippen molar-refractivity contribution >= 4 is 28.5 Å². The molecule has 3 aliphatic rings. The normalized spacial score (nSPS) is 22.1. The van der Waals surface area contributed by atoms with Gasteiger partial charge in [0.1, 0.15) is 16.4 Å². The van der Waals surface area contributed by atoms with Crippen molar-refractivity contribution in [2.75, 3.05) is 24.6 Å². The predicted octanol–water partition coefficient (Wildman–Crippen LogP) is 2.65. The molecule has 2 bridgehead atoms. The van der Waals surface area contributed by atoms with Crippen molar-refractivity contribution < 1.29 is 14.3 Å². The first-order chi connectivity index (χ1) is 13.0. The molecule has 2 unspecified atom stereocenters. The molecule has 5 heterocycles. The van der Waals surface area contributed by atoms with Gasteiger partial charge in [0.15, 0.2) is 11.1 Å². The highest BCUT2D eigenvalue weighted by atomic mass is 32.1. The van der Waals surface area contributed by atoms with Crippen molar-refractivity contribution in [1.29, 1.82) is 0 Å². The average Bonchev–Trinajstić information content (AvgIpc) is 3.31. The summed E-state index contributed by atoms with van der Waals surface area (Å²) in [7, 11) is 0. The standard InChI is InChI=1S/C19H22N4O3S/c1-19(2,10-24)26-14-4-3-13(17-20-5-6-27-17)16-15(14)22-18(25-16)23-8-11-7-12(9-23)21-11/h3-6,11-12,21,24H,7-10H2,1-2H3. The van der Waals surface area contributed by atoms with Crippen molar-refractivity contribution in [3.8, 4) is 16.3 Å². The van der Waals surface area contributed by atoms with Gasteiger partial charge in [0.25, 0.3) is 6.01 Å². The zero-order chi connectivity index (χ0) is 18.6. The molecule has 0 spiro atoms. The van der Waals surface area contributed by atoms with Gasteiger partial charge in [-0.1, -0.05) is 0 Å². The van der Waals surface area contributed by atoms with Crippen LogP contribution in [0.2, 0.25) is 0 Å². The highest BCUT2D eigenvalue weighted by molar-refractivity contribution is 7.13. The number of fused-ring (bicyclic) bond motifs is 3. The maximum absolute atomic E-state index is 9.58. The van der Waals surface area contributed by atoms with Gasteiger partial charge in [-0.25, -0.2) is 4.98 Å². The molecule has 0 amide bonds. The molecule has 142 valence electrons. The van der Waals surface area contributed by atoms with Crippen LogP contribution in [0.3, 0.4) is 0 Å². The Hall–Kier alpha value is -2.16. The Morgan fingerprint density at radius 1 is 1.37 bits per heavy atom. The third kappa shape index (κ3) is 2.97. The molecule has 27 heavy (non-hydrogen) atoms. The summed E-state index contributed by atoms with van der Waals surface area (Å²) in [5.41, 5.74) is 1.56. The fourth-order valence-electron chi connectivity index (χ4n) is 3.71. The summed E-state index contributed by atoms with van der Waals surface area (Å²) in [6, 6.07) is 5.49. The number of piperazine rings is 1. The van der Waals surface area contributed by atoms with Gasteiger partial charge in [-0.05, 0) is 32.4 Å². The molecule has 3 fully saturated rings. The maximum Gasteiger partial charge on any atom is 0.298 e. The number of hydrogen-bond donors (Lipinski definition) is 2. The number of oxazole rings is 1. The molecule has 0 saturated carbocycles. The second-order valence-corrected chi connectivity index (χ2v) is 8.74. The van der Waals surface area contributed by atoms with Gasteiger partial charge in [0.05, 0.1) is 12.2 Å². The van der Waals surface area contributed by atoms with Crippen LogP contribution in [0, 0.1) is 0 Å². The average molecular weight is 386 g/mol. The Labute approximate surface area is 161 Å². The summed E-state index contributed by atoms with van der Waals surface area (Å²) >= 11 is 1.56. The van der Waals surface area contributed by atoms with E-state index < -0.39 is 5.60 Å². The number of aliphatic hydroxyl groups excluding tert-OH is 1. The molecule has 1 aromatic carbocycles. The van der Waals surface area contributed by atoms with E-state index in [1.165, 1.54) is 6.42 Å². The quantitative estimate of drug-likeness (QED) is 0.697. The van der Waals surface area contributed by atoms with Crippen LogP contribution in [-0.4, -0.2) is 52.5 Å². The monoisotopic (exact) mass is 386 g/mol. The number of nitrogens with zero attached hydrogens (tertiary/aromatic N) is 3. The molecule has 7 nitrogen and oxygen atoms in total. The Morgan fingerprint density at radius 2 is 2.15 bits per heavy atom. The number of aliphatic hydroxyl groups is 1. The fraction of sp³-hybridized carbons (Fsp3) is 0.474. The Balaban J connectivity index is 1.60. The first-order valence-corrected chi connectivity index (χ1v) is 10.0. The van der Waals surface area contributed by atoms with E-state index in [1.54, 1.807) is 17.5 Å². The van der Waals surface area contributed by atoms with Crippen LogP contribution in [-0.2, 0) is 0 Å². The minimum absolute atomic E-state index is 0.0887. The number of anilines is 1. The van der Waals surface area contributed by atoms with E-state index in [4.69, 9.17) is 14.1 Å². The summed E-state index contributed by atoms with van der Waals surface area (Å²) in [4.78, 5) is 11.4. The van der Waals surface area contributed by atoms with Crippen LogP contribution >= 0.6 is 11.3 Å². The summed E-state index contributed by atoms with van der Waals surface area (Å²) in [6.45, 7) is 5.40. The second kappa shape index (κ2) is 6.19. The van der Waals surface area contributed by atoms with Crippen LogP contribution in [0.4, 0.5) is 6.01 Å². The highest BCUT2D eigenvalue weighted by Gasteiger charge is 2.38. The van der Waals surface area contributed by atoms with Crippen molar-refractivity contribution in [1.82, 2.24) is 15.3 Å². The molecule has 2 atom stereocenters. The molecule has 8 heteroatoms. The van der Waals surface area contributed by atoms with Crippen molar-refractivity contribution in [3.63, 3.8) is 0 Å². The summed E-state index contributed by atoms with van der Waals surface area (Å²) in [5.74, 6) is 0.611. The maximum atomic E-state index is 9.58. The third-order valence-electron chi connectivity index (χ3n) is 5.12. The number of piperidine rings is 1. The highest BCUT2D eigenvalue weighted by Crippen LogP contribution is 2.39. The molecule has 2 N–H and O–H groups in total. The van der Waals surface area contributed by atoms with E-state index in [0.29, 0.717) is 34.9 Å². The van der Waals surface area contributed by atoms with Gasteiger partial charge in [-0.15, -0.1) is 11.3 Å². The summed E-state index contributed by atoms with van der Waals surface area (Å²) in [5, 5.41) is 15.9. The van der Waals surface area contributed by atoms with Crippen molar-refractivity contribution in [2.24, 2.45) is 0 Å². The number of ether oxygens (including phenoxy) is 1. The largest absolute Gasteiger partial charge is 0.483 e. The van der Waals surface area contributed by atoms with E-state index in [2.05, 4.69) is 15.2 Å². The van der Waals surface area contributed by atoms with E-state index >= 15 is 0 Å². The topological polar surface area (TPSA) is 83.7 Å². The molecule has 6 rings (SSSR count). The number of thiazole rings is 1. The molecular formula is C19H22N4O3S. The predicted molar refractivity (Wildman–Crippen MR) is 104 cm³/mol. The Kier molecular flexibility index (Phi) is 3.89. The van der Waals surface area contributed by atoms with E-state index in [-0.39, 0.29) is 6.61 Å². The summed E-state index contributed by atoms with van der Waals surface area (Å²) < 4.78 is 12.3. The van der Waals surface area contributed by atoms with Crippen LogP contribution in [0.15, 0.2) is 28.1 Å². The molecule has 2 aromatic heterocycles. The minimum Gasteiger partial charge on any atom is -0.483 e. The SMILES string of the molecule is CC(C)(CO)Oc1ccc(-c2nccs2)c2oc(N3CC4CC(C3)N4)nc12. The number of nitrogens with one attached hydrogen (secondary N) is 1. The van der Waals surface area contributed by atoms with Gasteiger partial charge < -0.3 is 24.5 Å². The van der Waals surface area contributed by atoms with Crippen LogP contribution < -0.4 is 15.0 Å². The van der Waals surface area contributed by atoms with E-state index in [1.807, 2.05) is 31.4 Å². The Morgan fingerprint density at radius 3 is 2.81 bits per heavy atom. The number of hydrogen-bond acceptors (Lipinski definition) is 8. The van der Waals surface area contributed by atoms with Crippen LogP contribution in [0.1, 0.15) is 20.3 Å². The molecular weight excluding hydrogens is 364 g/mol. The van der Waals surface area contributed by atoms with E-state index in [0.717, 1.165) is 23.7 Å². The third-order valence-corrected chi connectivity index (χ3v) is 5.92. The van der Waals surface area contributed by atoms with Gasteiger partial charge in [0.2, 0.25) is 0 Å². The zero-order valence-electron chi connectivity index (χ0n) is 15.3. The zero-order valence-corrected chi connectivity index (χ0v) is 16.1.